The first kappa shape index (κ1) is 22.7. The van der Waals surface area contributed by atoms with Gasteiger partial charge in [0.25, 0.3) is 5.91 Å². The van der Waals surface area contributed by atoms with Gasteiger partial charge in [0.15, 0.2) is 6.04 Å². The van der Waals surface area contributed by atoms with Gasteiger partial charge < -0.3 is 9.84 Å². The zero-order valence-electron chi connectivity index (χ0n) is 17.7. The summed E-state index contributed by atoms with van der Waals surface area (Å²) < 4.78 is 5.19. The van der Waals surface area contributed by atoms with E-state index in [1.165, 1.54) is 5.01 Å². The molecular weight excluding hydrogens is 402 g/mol. The van der Waals surface area contributed by atoms with Crippen molar-refractivity contribution in [3.8, 4) is 0 Å². The number of benzene rings is 1. The number of nitrogens with one attached hydrogen (secondary N) is 1. The van der Waals surface area contributed by atoms with Gasteiger partial charge in [0, 0.05) is 13.0 Å². The first-order chi connectivity index (χ1) is 14.9. The van der Waals surface area contributed by atoms with E-state index >= 15 is 0 Å². The number of hydrogen-bond acceptors (Lipinski definition) is 6. The van der Waals surface area contributed by atoms with Crippen molar-refractivity contribution in [1.82, 2.24) is 15.3 Å². The Balaban J connectivity index is 1.78. The maximum absolute atomic E-state index is 13.3. The molecule has 9 heteroatoms. The molecule has 2 saturated heterocycles. The first-order valence-electron chi connectivity index (χ1n) is 10.7. The number of hydrazine groups is 1. The Hall–Kier alpha value is -2.94. The molecule has 0 saturated carbocycles. The fourth-order valence-electron chi connectivity index (χ4n) is 4.12. The molecule has 2 N–H and O–H groups in total. The van der Waals surface area contributed by atoms with Crippen molar-refractivity contribution >= 4 is 23.8 Å². The molecule has 2 amide bonds. The lowest BCUT2D eigenvalue weighted by Crippen LogP contribution is -2.62. The molecule has 9 nitrogen and oxygen atoms in total. The van der Waals surface area contributed by atoms with Crippen LogP contribution in [0.4, 0.5) is 0 Å². The van der Waals surface area contributed by atoms with E-state index in [1.807, 2.05) is 30.3 Å². The molecule has 2 aliphatic heterocycles. The standard InChI is InChI=1S/C22H29N3O6/c1-2-31-22(30)17(11-10-15-7-4-3-5-8-15)23-16-12-13-19(26)24-14-6-9-18(21(28)29)25(24)20(16)27/h3-5,7-8,16-18,23H,2,6,9-14H2,1H3,(H,28,29). The van der Waals surface area contributed by atoms with Crippen LogP contribution >= 0.6 is 0 Å². The Bertz CT molecular complexity index is 815. The molecule has 1 aromatic carbocycles. The number of ether oxygens (including phenoxy) is 1. The van der Waals surface area contributed by atoms with Crippen LogP contribution in [0.5, 0.6) is 0 Å². The van der Waals surface area contributed by atoms with E-state index in [9.17, 15) is 24.3 Å². The number of nitrogens with zero attached hydrogens (tertiary/aromatic N) is 2. The highest BCUT2D eigenvalue weighted by atomic mass is 16.5. The van der Waals surface area contributed by atoms with Crippen molar-refractivity contribution in [3.05, 3.63) is 35.9 Å². The molecule has 3 unspecified atom stereocenters. The number of fused-ring (bicyclic) bond motifs is 1. The average Bonchev–Trinajstić information content (AvgIpc) is 2.89. The van der Waals surface area contributed by atoms with Gasteiger partial charge in [-0.1, -0.05) is 30.3 Å². The Kier molecular flexibility index (Phi) is 7.62. The van der Waals surface area contributed by atoms with E-state index in [-0.39, 0.29) is 31.8 Å². The van der Waals surface area contributed by atoms with Crippen molar-refractivity contribution in [2.75, 3.05) is 13.2 Å². The van der Waals surface area contributed by atoms with Crippen molar-refractivity contribution < 1.29 is 29.0 Å². The van der Waals surface area contributed by atoms with E-state index in [0.29, 0.717) is 25.8 Å². The van der Waals surface area contributed by atoms with Crippen LogP contribution in [0.2, 0.25) is 0 Å². The number of carboxylic acids is 1. The van der Waals surface area contributed by atoms with Crippen LogP contribution in [0.3, 0.4) is 0 Å². The van der Waals surface area contributed by atoms with E-state index < -0.39 is 36.0 Å². The minimum atomic E-state index is -1.14. The minimum Gasteiger partial charge on any atom is -0.480 e. The number of carboxylic acid groups (broad SMARTS) is 1. The molecule has 0 aromatic heterocycles. The van der Waals surface area contributed by atoms with E-state index in [2.05, 4.69) is 5.32 Å². The summed E-state index contributed by atoms with van der Waals surface area (Å²) in [6.07, 6.45) is 2.11. The van der Waals surface area contributed by atoms with Crippen LogP contribution in [0.15, 0.2) is 30.3 Å². The molecule has 0 aliphatic carbocycles. The zero-order chi connectivity index (χ0) is 22.4. The molecule has 2 aliphatic rings. The highest BCUT2D eigenvalue weighted by Crippen LogP contribution is 2.25. The number of aryl methyl sites for hydroxylation is 1. The lowest BCUT2D eigenvalue weighted by Gasteiger charge is -2.42. The lowest BCUT2D eigenvalue weighted by atomic mass is 10.0. The maximum Gasteiger partial charge on any atom is 0.328 e. The maximum atomic E-state index is 13.3. The quantitative estimate of drug-likeness (QED) is 0.593. The number of hydrogen-bond donors (Lipinski definition) is 2. The van der Waals surface area contributed by atoms with Crippen molar-refractivity contribution in [3.63, 3.8) is 0 Å². The van der Waals surface area contributed by atoms with Gasteiger partial charge in [0.1, 0.15) is 6.04 Å². The first-order valence-corrected chi connectivity index (χ1v) is 10.7. The van der Waals surface area contributed by atoms with E-state index in [1.54, 1.807) is 6.92 Å². The highest BCUT2D eigenvalue weighted by molar-refractivity contribution is 5.92. The molecule has 168 valence electrons. The van der Waals surface area contributed by atoms with Crippen LogP contribution in [-0.2, 0) is 30.3 Å². The number of amides is 2. The van der Waals surface area contributed by atoms with Crippen molar-refractivity contribution in [2.24, 2.45) is 0 Å². The summed E-state index contributed by atoms with van der Waals surface area (Å²) in [6.45, 7) is 2.24. The number of aliphatic carboxylic acids is 1. The Labute approximate surface area is 181 Å². The van der Waals surface area contributed by atoms with Crippen LogP contribution in [0, 0.1) is 0 Å². The number of rotatable bonds is 8. The SMILES string of the molecule is CCOC(=O)C(CCc1ccccc1)NC1CCC(=O)N2CCCC(C(=O)O)N2C1=O. The molecule has 0 radical (unpaired) electrons. The van der Waals surface area contributed by atoms with Crippen LogP contribution in [-0.4, -0.2) is 70.2 Å². The summed E-state index contributed by atoms with van der Waals surface area (Å²) in [7, 11) is 0. The fourth-order valence-corrected chi connectivity index (χ4v) is 4.12. The van der Waals surface area contributed by atoms with Crippen molar-refractivity contribution in [1.29, 1.82) is 0 Å². The smallest absolute Gasteiger partial charge is 0.328 e. The molecule has 1 aromatic rings. The monoisotopic (exact) mass is 431 g/mol. The van der Waals surface area contributed by atoms with Gasteiger partial charge in [0.05, 0.1) is 12.6 Å². The second-order valence-corrected chi connectivity index (χ2v) is 7.78. The summed E-state index contributed by atoms with van der Waals surface area (Å²) in [5, 5.41) is 15.0. The summed E-state index contributed by atoms with van der Waals surface area (Å²) >= 11 is 0. The number of esters is 1. The number of carbonyl (C=O) groups excluding carboxylic acids is 3. The lowest BCUT2D eigenvalue weighted by molar-refractivity contribution is -0.181. The average molecular weight is 431 g/mol. The van der Waals surface area contributed by atoms with Crippen LogP contribution in [0.1, 0.15) is 44.6 Å². The van der Waals surface area contributed by atoms with Gasteiger partial charge in [-0.2, -0.15) is 0 Å². The van der Waals surface area contributed by atoms with Gasteiger partial charge in [-0.25, -0.2) is 9.80 Å². The molecule has 2 fully saturated rings. The molecule has 3 atom stereocenters. The van der Waals surface area contributed by atoms with Gasteiger partial charge in [-0.15, -0.1) is 0 Å². The predicted molar refractivity (Wildman–Crippen MR) is 111 cm³/mol. The molecular formula is C22H29N3O6. The normalized spacial score (nSPS) is 22.5. The third-order valence-electron chi connectivity index (χ3n) is 5.68. The summed E-state index contributed by atoms with van der Waals surface area (Å²) in [5.41, 5.74) is 1.05. The van der Waals surface area contributed by atoms with Crippen LogP contribution < -0.4 is 5.32 Å². The predicted octanol–water partition coefficient (Wildman–Crippen LogP) is 1.12. The van der Waals surface area contributed by atoms with Gasteiger partial charge in [-0.05, 0) is 44.6 Å². The summed E-state index contributed by atoms with van der Waals surface area (Å²) in [5.74, 6) is -2.38. The Morgan fingerprint density at radius 2 is 1.97 bits per heavy atom. The zero-order valence-corrected chi connectivity index (χ0v) is 17.7. The molecule has 31 heavy (non-hydrogen) atoms. The minimum absolute atomic E-state index is 0.0977. The second kappa shape index (κ2) is 10.4. The Morgan fingerprint density at radius 1 is 1.23 bits per heavy atom. The second-order valence-electron chi connectivity index (χ2n) is 7.78. The summed E-state index contributed by atoms with van der Waals surface area (Å²) in [6, 6.07) is 6.98. The van der Waals surface area contributed by atoms with E-state index in [0.717, 1.165) is 10.6 Å². The summed E-state index contributed by atoms with van der Waals surface area (Å²) in [4.78, 5) is 50.1. The molecule has 0 bridgehead atoms. The van der Waals surface area contributed by atoms with Gasteiger partial charge >= 0.3 is 11.9 Å². The molecule has 3 rings (SSSR count). The van der Waals surface area contributed by atoms with E-state index in [4.69, 9.17) is 4.74 Å². The highest BCUT2D eigenvalue weighted by Gasteiger charge is 2.45. The fraction of sp³-hybridized carbons (Fsp3) is 0.545. The third-order valence-corrected chi connectivity index (χ3v) is 5.68. The number of carbonyl (C=O) groups is 4. The third kappa shape index (κ3) is 5.41. The van der Waals surface area contributed by atoms with Crippen LogP contribution in [0.25, 0.3) is 0 Å². The Morgan fingerprint density at radius 3 is 2.65 bits per heavy atom. The largest absolute Gasteiger partial charge is 0.480 e. The van der Waals surface area contributed by atoms with Gasteiger partial charge in [0.2, 0.25) is 5.91 Å². The molecule has 0 spiro atoms. The van der Waals surface area contributed by atoms with Crippen molar-refractivity contribution in [2.45, 2.75) is 63.6 Å². The topological polar surface area (TPSA) is 116 Å². The van der Waals surface area contributed by atoms with Gasteiger partial charge in [-0.3, -0.25) is 24.7 Å². The molecule has 2 heterocycles.